The van der Waals surface area contributed by atoms with Gasteiger partial charge >= 0.3 is 5.97 Å². The summed E-state index contributed by atoms with van der Waals surface area (Å²) in [7, 11) is 0. The number of fused-ring (bicyclic) bond motifs is 1. The lowest BCUT2D eigenvalue weighted by molar-refractivity contribution is -0.175. The monoisotopic (exact) mass is 268 g/mol. The maximum Gasteiger partial charge on any atom is 0.308 e. The fourth-order valence-corrected chi connectivity index (χ4v) is 4.04. The van der Waals surface area contributed by atoms with Gasteiger partial charge in [0.25, 0.3) is 0 Å². The summed E-state index contributed by atoms with van der Waals surface area (Å²) in [4.78, 5) is 12.0. The fraction of sp³-hybridized carbons (Fsp3) is 0.938. The largest absolute Gasteiger partial charge is 0.436 e. The lowest BCUT2D eigenvalue weighted by Crippen LogP contribution is -2.33. The number of esters is 1. The number of hydrogen-bond donors (Lipinski definition) is 0. The van der Waals surface area contributed by atoms with Gasteiger partial charge in [0.1, 0.15) is 0 Å². The highest BCUT2D eigenvalue weighted by molar-refractivity contribution is 5.69. The van der Waals surface area contributed by atoms with Crippen molar-refractivity contribution in [3.05, 3.63) is 0 Å². The number of rotatable bonds is 5. The van der Waals surface area contributed by atoms with E-state index in [1.54, 1.807) is 6.92 Å². The van der Waals surface area contributed by atoms with Crippen LogP contribution < -0.4 is 0 Å². The molecule has 0 aromatic rings. The Hall–Kier alpha value is -0.570. The van der Waals surface area contributed by atoms with E-state index in [2.05, 4.69) is 0 Å². The topological polar surface area (TPSA) is 35.5 Å². The van der Waals surface area contributed by atoms with Crippen molar-refractivity contribution in [1.82, 2.24) is 0 Å². The van der Waals surface area contributed by atoms with Crippen molar-refractivity contribution in [2.45, 2.75) is 71.5 Å². The van der Waals surface area contributed by atoms with E-state index in [1.807, 2.05) is 6.92 Å². The van der Waals surface area contributed by atoms with Crippen molar-refractivity contribution in [2.24, 2.45) is 17.8 Å². The third-order valence-corrected chi connectivity index (χ3v) is 4.85. The van der Waals surface area contributed by atoms with Gasteiger partial charge in [-0.05, 0) is 44.4 Å². The third-order valence-electron chi connectivity index (χ3n) is 4.85. The average molecular weight is 268 g/mol. The van der Waals surface area contributed by atoms with Crippen molar-refractivity contribution in [1.29, 1.82) is 0 Å². The van der Waals surface area contributed by atoms with E-state index >= 15 is 0 Å². The Balaban J connectivity index is 1.81. The van der Waals surface area contributed by atoms with Gasteiger partial charge in [0.15, 0.2) is 6.29 Å². The molecule has 0 saturated heterocycles. The summed E-state index contributed by atoms with van der Waals surface area (Å²) >= 11 is 0. The van der Waals surface area contributed by atoms with Crippen LogP contribution in [0.1, 0.15) is 65.2 Å². The third kappa shape index (κ3) is 4.20. The van der Waals surface area contributed by atoms with Crippen molar-refractivity contribution in [2.75, 3.05) is 6.61 Å². The van der Waals surface area contributed by atoms with Crippen molar-refractivity contribution in [3.8, 4) is 0 Å². The number of ether oxygens (including phenoxy) is 2. The Morgan fingerprint density at radius 2 is 1.89 bits per heavy atom. The molecule has 0 aliphatic heterocycles. The minimum atomic E-state index is -0.400. The normalized spacial score (nSPS) is 32.4. The van der Waals surface area contributed by atoms with Gasteiger partial charge in [-0.3, -0.25) is 4.79 Å². The number of carbonyl (C=O) groups is 1. The van der Waals surface area contributed by atoms with Gasteiger partial charge in [0, 0.05) is 13.0 Å². The van der Waals surface area contributed by atoms with Gasteiger partial charge in [-0.1, -0.05) is 32.1 Å². The second-order valence-electron chi connectivity index (χ2n) is 6.12. The molecule has 0 radical (unpaired) electrons. The molecular formula is C16H28O3. The van der Waals surface area contributed by atoms with Crippen molar-refractivity contribution in [3.63, 3.8) is 0 Å². The Kier molecular flexibility index (Phi) is 5.68. The number of carbonyl (C=O) groups excluding carboxylic acids is 1. The molecule has 4 atom stereocenters. The van der Waals surface area contributed by atoms with Crippen LogP contribution in [0.15, 0.2) is 0 Å². The molecule has 0 N–H and O–H groups in total. The average Bonchev–Trinajstić information content (AvgIpc) is 2.39. The predicted molar refractivity (Wildman–Crippen MR) is 74.6 cm³/mol. The van der Waals surface area contributed by atoms with E-state index in [0.29, 0.717) is 18.9 Å². The molecule has 2 rings (SSSR count). The molecule has 19 heavy (non-hydrogen) atoms. The molecule has 2 aliphatic rings. The Morgan fingerprint density at radius 1 is 1.16 bits per heavy atom. The molecular weight excluding hydrogens is 240 g/mol. The lowest BCUT2D eigenvalue weighted by Gasteiger charge is -2.41. The summed E-state index contributed by atoms with van der Waals surface area (Å²) in [5.74, 6) is 2.14. The van der Waals surface area contributed by atoms with Gasteiger partial charge in [0.2, 0.25) is 0 Å². The maximum atomic E-state index is 12.0. The Bertz CT molecular complexity index is 288. The first-order valence-corrected chi connectivity index (χ1v) is 8.01. The number of hydrogen-bond acceptors (Lipinski definition) is 3. The van der Waals surface area contributed by atoms with E-state index in [4.69, 9.17) is 9.47 Å². The highest BCUT2D eigenvalue weighted by atomic mass is 16.7. The van der Waals surface area contributed by atoms with E-state index in [9.17, 15) is 4.79 Å². The summed E-state index contributed by atoms with van der Waals surface area (Å²) in [5.41, 5.74) is 0. The predicted octanol–water partition coefficient (Wildman–Crippen LogP) is 3.91. The first kappa shape index (κ1) is 14.8. The van der Waals surface area contributed by atoms with E-state index in [-0.39, 0.29) is 5.97 Å². The van der Waals surface area contributed by atoms with Crippen LogP contribution in [0.2, 0.25) is 0 Å². The standard InChI is InChI=1S/C16H28O3/c1-3-18-12(2)19-16(17)11-14-9-6-8-13-7-4-5-10-15(13)14/h12-15H,3-11H2,1-2H3. The van der Waals surface area contributed by atoms with Crippen LogP contribution >= 0.6 is 0 Å². The highest BCUT2D eigenvalue weighted by Gasteiger charge is 2.36. The summed E-state index contributed by atoms with van der Waals surface area (Å²) in [6.07, 6.45) is 9.52. The van der Waals surface area contributed by atoms with Crippen LogP contribution in [0.5, 0.6) is 0 Å². The summed E-state index contributed by atoms with van der Waals surface area (Å²) in [6, 6.07) is 0. The second-order valence-corrected chi connectivity index (χ2v) is 6.12. The smallest absolute Gasteiger partial charge is 0.308 e. The highest BCUT2D eigenvalue weighted by Crippen LogP contribution is 2.45. The Morgan fingerprint density at radius 3 is 2.68 bits per heavy atom. The quantitative estimate of drug-likeness (QED) is 0.560. The first-order valence-electron chi connectivity index (χ1n) is 8.01. The summed E-state index contributed by atoms with van der Waals surface area (Å²) in [5, 5.41) is 0. The van der Waals surface area contributed by atoms with Gasteiger partial charge < -0.3 is 9.47 Å². The molecule has 0 spiro atoms. The van der Waals surface area contributed by atoms with Gasteiger partial charge in [-0.2, -0.15) is 0 Å². The molecule has 3 nitrogen and oxygen atoms in total. The molecule has 3 heteroatoms. The van der Waals surface area contributed by atoms with Crippen LogP contribution in [0.25, 0.3) is 0 Å². The zero-order valence-corrected chi connectivity index (χ0v) is 12.4. The molecule has 2 fully saturated rings. The van der Waals surface area contributed by atoms with Crippen LogP contribution in [-0.4, -0.2) is 18.9 Å². The minimum Gasteiger partial charge on any atom is -0.436 e. The molecule has 0 aromatic carbocycles. The summed E-state index contributed by atoms with van der Waals surface area (Å²) < 4.78 is 10.6. The van der Waals surface area contributed by atoms with Gasteiger partial charge in [-0.15, -0.1) is 0 Å². The molecule has 2 aliphatic carbocycles. The molecule has 0 bridgehead atoms. The van der Waals surface area contributed by atoms with E-state index in [1.165, 1.54) is 44.9 Å². The molecule has 110 valence electrons. The van der Waals surface area contributed by atoms with Gasteiger partial charge in [0.05, 0.1) is 0 Å². The molecule has 0 amide bonds. The second kappa shape index (κ2) is 7.28. The molecule has 0 heterocycles. The molecule has 2 saturated carbocycles. The molecule has 4 unspecified atom stereocenters. The van der Waals surface area contributed by atoms with Crippen LogP contribution in [0.3, 0.4) is 0 Å². The lowest BCUT2D eigenvalue weighted by atomic mass is 9.65. The van der Waals surface area contributed by atoms with Crippen LogP contribution in [0.4, 0.5) is 0 Å². The van der Waals surface area contributed by atoms with Gasteiger partial charge in [-0.25, -0.2) is 0 Å². The SMILES string of the molecule is CCOC(C)OC(=O)CC1CCCC2CCCCC21. The fourth-order valence-electron chi connectivity index (χ4n) is 4.04. The maximum absolute atomic E-state index is 12.0. The summed E-state index contributed by atoms with van der Waals surface area (Å²) in [6.45, 7) is 4.30. The van der Waals surface area contributed by atoms with Crippen LogP contribution in [0, 0.1) is 17.8 Å². The minimum absolute atomic E-state index is 0.0721. The van der Waals surface area contributed by atoms with E-state index in [0.717, 1.165) is 11.8 Å². The van der Waals surface area contributed by atoms with Crippen LogP contribution in [-0.2, 0) is 14.3 Å². The zero-order chi connectivity index (χ0) is 13.7. The van der Waals surface area contributed by atoms with Crippen molar-refractivity contribution >= 4 is 5.97 Å². The van der Waals surface area contributed by atoms with Crippen molar-refractivity contribution < 1.29 is 14.3 Å². The van der Waals surface area contributed by atoms with E-state index < -0.39 is 6.29 Å². The molecule has 0 aromatic heterocycles. The zero-order valence-electron chi connectivity index (χ0n) is 12.4. The Labute approximate surface area is 117 Å². The first-order chi connectivity index (χ1) is 9.20.